The third-order valence-electron chi connectivity index (χ3n) is 5.47. The summed E-state index contributed by atoms with van der Waals surface area (Å²) in [5, 5.41) is 8.47. The topological polar surface area (TPSA) is 78.3 Å². The zero-order valence-electron chi connectivity index (χ0n) is 17.6. The lowest BCUT2D eigenvalue weighted by Crippen LogP contribution is -2.25. The number of nitrogens with one attached hydrogen (secondary N) is 1. The van der Waals surface area contributed by atoms with Gasteiger partial charge in [0.05, 0.1) is 23.0 Å². The molecule has 3 heterocycles. The van der Waals surface area contributed by atoms with E-state index in [9.17, 15) is 4.79 Å². The number of amides is 1. The zero-order valence-corrected chi connectivity index (χ0v) is 18.4. The summed E-state index contributed by atoms with van der Waals surface area (Å²) in [5.41, 5.74) is 3.66. The van der Waals surface area contributed by atoms with Crippen molar-refractivity contribution in [2.24, 2.45) is 0 Å². The molecule has 0 spiro atoms. The van der Waals surface area contributed by atoms with Crippen LogP contribution in [-0.4, -0.2) is 34.4 Å². The molecular formula is C24H20N4O3S. The number of carbonyl (C=O) groups is 1. The van der Waals surface area contributed by atoms with Gasteiger partial charge in [0.15, 0.2) is 11.5 Å². The third-order valence-corrected chi connectivity index (χ3v) is 6.48. The van der Waals surface area contributed by atoms with Crippen molar-refractivity contribution in [1.82, 2.24) is 14.8 Å². The number of methoxy groups -OCH3 is 1. The number of hydrogen-bond acceptors (Lipinski definition) is 6. The minimum absolute atomic E-state index is 0.0728. The fourth-order valence-corrected chi connectivity index (χ4v) is 4.98. The Hall–Kier alpha value is -3.83. The van der Waals surface area contributed by atoms with E-state index in [-0.39, 0.29) is 18.4 Å². The summed E-state index contributed by atoms with van der Waals surface area (Å²) in [4.78, 5) is 17.4. The zero-order chi connectivity index (χ0) is 22.2. The first-order valence-corrected chi connectivity index (χ1v) is 10.9. The molecule has 7 nitrogen and oxygen atoms in total. The van der Waals surface area contributed by atoms with Crippen LogP contribution in [0.5, 0.6) is 11.5 Å². The Morgan fingerprint density at radius 1 is 1.28 bits per heavy atom. The summed E-state index contributed by atoms with van der Waals surface area (Å²) in [5.74, 6) is 4.01. The molecule has 160 valence electrons. The molecule has 5 rings (SSSR count). The molecule has 0 unspecified atom stereocenters. The van der Waals surface area contributed by atoms with Crippen molar-refractivity contribution in [2.45, 2.75) is 19.3 Å². The van der Waals surface area contributed by atoms with Gasteiger partial charge in [0, 0.05) is 17.9 Å². The second-order valence-corrected chi connectivity index (χ2v) is 8.44. The lowest BCUT2D eigenvalue weighted by atomic mass is 9.85. The lowest BCUT2D eigenvalue weighted by molar-refractivity contribution is -0.116. The standard InChI is InChI=1S/C24H20N4O3S/c1-4-11-31-18-10-9-15(12-19(18)30-3)16-13-21(29)26-23-22(16)14(2)27-28(23)24-25-17-7-5-6-8-20(17)32-24/h1,5-10,12,16H,11,13H2,2-3H3,(H,26,29)/t16-/m1/s1. The highest BCUT2D eigenvalue weighted by molar-refractivity contribution is 7.20. The molecule has 0 saturated heterocycles. The van der Waals surface area contributed by atoms with Gasteiger partial charge in [0.25, 0.3) is 0 Å². The minimum Gasteiger partial charge on any atom is -0.493 e. The second-order valence-electron chi connectivity index (χ2n) is 7.43. The van der Waals surface area contributed by atoms with E-state index >= 15 is 0 Å². The number of terminal acetylenes is 1. The van der Waals surface area contributed by atoms with Crippen molar-refractivity contribution in [2.75, 3.05) is 19.0 Å². The predicted molar refractivity (Wildman–Crippen MR) is 124 cm³/mol. The molecule has 0 radical (unpaired) electrons. The Balaban J connectivity index is 1.60. The number of anilines is 1. The number of nitrogens with zero attached hydrogens (tertiary/aromatic N) is 3. The van der Waals surface area contributed by atoms with E-state index in [0.29, 0.717) is 28.9 Å². The molecule has 0 aliphatic carbocycles. The van der Waals surface area contributed by atoms with Crippen molar-refractivity contribution in [1.29, 1.82) is 0 Å². The second kappa shape index (κ2) is 8.02. The van der Waals surface area contributed by atoms with Crippen molar-refractivity contribution in [3.63, 3.8) is 0 Å². The summed E-state index contributed by atoms with van der Waals surface area (Å²) in [6.45, 7) is 2.11. The smallest absolute Gasteiger partial charge is 0.226 e. The number of rotatable bonds is 5. The van der Waals surface area contributed by atoms with Crippen LogP contribution in [0.1, 0.15) is 29.2 Å². The number of thiazole rings is 1. The van der Waals surface area contributed by atoms with Crippen LogP contribution in [0.25, 0.3) is 15.3 Å². The molecule has 4 aromatic rings. The molecule has 1 amide bonds. The predicted octanol–water partition coefficient (Wildman–Crippen LogP) is 4.29. The SMILES string of the molecule is C#CCOc1ccc([C@H]2CC(=O)Nc3c2c(C)nn3-c2nc3ccccc3s2)cc1OC. The van der Waals surface area contributed by atoms with Crippen molar-refractivity contribution < 1.29 is 14.3 Å². The molecule has 1 atom stereocenters. The van der Waals surface area contributed by atoms with Crippen LogP contribution in [0.3, 0.4) is 0 Å². The first-order valence-electron chi connectivity index (χ1n) is 10.1. The summed E-state index contributed by atoms with van der Waals surface area (Å²) >= 11 is 1.54. The highest BCUT2D eigenvalue weighted by Gasteiger charge is 2.33. The van der Waals surface area contributed by atoms with Crippen molar-refractivity contribution in [3.8, 4) is 29.0 Å². The largest absolute Gasteiger partial charge is 0.493 e. The highest BCUT2D eigenvalue weighted by atomic mass is 32.1. The molecule has 0 fully saturated rings. The fourth-order valence-electron chi connectivity index (χ4n) is 4.06. The molecule has 32 heavy (non-hydrogen) atoms. The molecule has 2 aromatic carbocycles. The highest BCUT2D eigenvalue weighted by Crippen LogP contribution is 2.43. The van der Waals surface area contributed by atoms with E-state index in [1.165, 1.54) is 11.3 Å². The first-order chi connectivity index (χ1) is 15.6. The number of para-hydroxylation sites is 1. The normalized spacial score (nSPS) is 15.2. The number of aromatic nitrogens is 3. The van der Waals surface area contributed by atoms with Gasteiger partial charge in [0.2, 0.25) is 11.0 Å². The Bertz CT molecular complexity index is 1350. The van der Waals surface area contributed by atoms with E-state index in [1.807, 2.05) is 49.4 Å². The Kier molecular flexibility index (Phi) is 5.04. The van der Waals surface area contributed by atoms with E-state index in [2.05, 4.69) is 11.2 Å². The van der Waals surface area contributed by atoms with Gasteiger partial charge in [-0.25, -0.2) is 4.98 Å². The number of fused-ring (bicyclic) bond motifs is 2. The average molecular weight is 445 g/mol. The molecule has 1 aliphatic rings. The maximum absolute atomic E-state index is 12.7. The molecule has 2 aromatic heterocycles. The van der Waals surface area contributed by atoms with Gasteiger partial charge >= 0.3 is 0 Å². The van der Waals surface area contributed by atoms with Crippen molar-refractivity contribution in [3.05, 3.63) is 59.3 Å². The minimum atomic E-state index is -0.169. The summed E-state index contributed by atoms with van der Waals surface area (Å²) in [6, 6.07) is 13.6. The van der Waals surface area contributed by atoms with Crippen LogP contribution in [0.4, 0.5) is 5.82 Å². The van der Waals surface area contributed by atoms with E-state index in [0.717, 1.165) is 27.0 Å². The first kappa shape index (κ1) is 20.1. The number of aryl methyl sites for hydroxylation is 1. The molecule has 1 aliphatic heterocycles. The summed E-state index contributed by atoms with van der Waals surface area (Å²) in [6.07, 6.45) is 5.61. The van der Waals surface area contributed by atoms with Crippen LogP contribution >= 0.6 is 11.3 Å². The maximum atomic E-state index is 12.7. The number of hydrogen-bond donors (Lipinski definition) is 1. The van der Waals surface area contributed by atoms with Gasteiger partial charge in [-0.15, -0.1) is 6.42 Å². The molecule has 0 bridgehead atoms. The van der Waals surface area contributed by atoms with Crippen LogP contribution in [-0.2, 0) is 4.79 Å². The molecule has 1 N–H and O–H groups in total. The van der Waals surface area contributed by atoms with Crippen LogP contribution in [0.15, 0.2) is 42.5 Å². The average Bonchev–Trinajstić information content (AvgIpc) is 3.38. The van der Waals surface area contributed by atoms with E-state index in [4.69, 9.17) is 26.0 Å². The lowest BCUT2D eigenvalue weighted by Gasteiger charge is -2.24. The molecular weight excluding hydrogens is 424 g/mol. The van der Waals surface area contributed by atoms with Crippen LogP contribution < -0.4 is 14.8 Å². The molecule has 0 saturated carbocycles. The van der Waals surface area contributed by atoms with Gasteiger partial charge in [-0.3, -0.25) is 4.79 Å². The van der Waals surface area contributed by atoms with Crippen molar-refractivity contribution >= 4 is 33.3 Å². The van der Waals surface area contributed by atoms with E-state index < -0.39 is 0 Å². The molecule has 8 heteroatoms. The van der Waals surface area contributed by atoms with Gasteiger partial charge in [-0.05, 0) is 36.8 Å². The monoisotopic (exact) mass is 444 g/mol. The van der Waals surface area contributed by atoms with E-state index in [1.54, 1.807) is 11.8 Å². The van der Waals surface area contributed by atoms with Gasteiger partial charge in [0.1, 0.15) is 12.4 Å². The van der Waals surface area contributed by atoms with Gasteiger partial charge in [-0.2, -0.15) is 9.78 Å². The van der Waals surface area contributed by atoms with Gasteiger partial charge in [-0.1, -0.05) is 35.5 Å². The summed E-state index contributed by atoms with van der Waals surface area (Å²) < 4.78 is 13.9. The number of ether oxygens (including phenoxy) is 2. The third kappa shape index (κ3) is 3.37. The Morgan fingerprint density at radius 3 is 2.91 bits per heavy atom. The maximum Gasteiger partial charge on any atom is 0.226 e. The van der Waals surface area contributed by atoms with Crippen LogP contribution in [0, 0.1) is 19.3 Å². The Labute approximate surface area is 189 Å². The number of benzene rings is 2. The van der Waals surface area contributed by atoms with Gasteiger partial charge < -0.3 is 14.8 Å². The van der Waals surface area contributed by atoms with Crippen LogP contribution in [0.2, 0.25) is 0 Å². The Morgan fingerprint density at radius 2 is 2.12 bits per heavy atom. The number of carbonyl (C=O) groups excluding carboxylic acids is 1. The fraction of sp³-hybridized carbons (Fsp3) is 0.208. The summed E-state index contributed by atoms with van der Waals surface area (Å²) in [7, 11) is 1.58. The quantitative estimate of drug-likeness (QED) is 0.465.